The van der Waals surface area contributed by atoms with Crippen LogP contribution >= 0.6 is 11.6 Å². The van der Waals surface area contributed by atoms with Crippen LogP contribution in [0.2, 0.25) is 5.02 Å². The maximum atomic E-state index is 13.8. The van der Waals surface area contributed by atoms with Gasteiger partial charge in [0, 0.05) is 0 Å². The molecule has 2 saturated carbocycles. The quantitative estimate of drug-likeness (QED) is 0.265. The van der Waals surface area contributed by atoms with Crippen LogP contribution in [0.3, 0.4) is 0 Å². The van der Waals surface area contributed by atoms with Crippen LogP contribution in [0.1, 0.15) is 85.0 Å². The first kappa shape index (κ1) is 22.9. The van der Waals surface area contributed by atoms with E-state index in [-0.39, 0.29) is 20.3 Å². The zero-order chi connectivity index (χ0) is 22.6. The fourth-order valence-electron chi connectivity index (χ4n) is 5.28. The summed E-state index contributed by atoms with van der Waals surface area (Å²) in [6.07, 6.45) is 12.4. The zero-order valence-corrected chi connectivity index (χ0v) is 21.5. The van der Waals surface area contributed by atoms with Crippen LogP contribution < -0.4 is 4.36 Å². The molecule has 3 nitrogen and oxygen atoms in total. The third kappa shape index (κ3) is 5.14. The van der Waals surface area contributed by atoms with Gasteiger partial charge in [0.05, 0.1) is 0 Å². The van der Waals surface area contributed by atoms with Gasteiger partial charge < -0.3 is 0 Å². The van der Waals surface area contributed by atoms with Crippen molar-refractivity contribution in [2.75, 3.05) is 0 Å². The van der Waals surface area contributed by atoms with E-state index in [1.807, 2.05) is 30.3 Å². The van der Waals surface area contributed by atoms with Crippen molar-refractivity contribution >= 4 is 31.9 Å². The molecule has 2 aromatic carbocycles. The van der Waals surface area contributed by atoms with E-state index in [0.717, 1.165) is 15.7 Å². The molecule has 0 atom stereocenters. The first-order chi connectivity index (χ1) is 16.2. The van der Waals surface area contributed by atoms with Crippen molar-refractivity contribution in [1.82, 2.24) is 4.57 Å². The van der Waals surface area contributed by atoms with Crippen molar-refractivity contribution < 1.29 is 4.79 Å². The molecule has 0 unspecified atom stereocenters. The van der Waals surface area contributed by atoms with Crippen LogP contribution in [-0.4, -0.2) is 30.9 Å². The summed E-state index contributed by atoms with van der Waals surface area (Å²) in [5.74, 6) is 0.125. The molecule has 2 aliphatic rings. The van der Waals surface area contributed by atoms with Crippen LogP contribution in [0.15, 0.2) is 59.6 Å². The van der Waals surface area contributed by atoms with Gasteiger partial charge in [-0.25, -0.2) is 0 Å². The van der Waals surface area contributed by atoms with Crippen LogP contribution in [0.4, 0.5) is 0 Å². The normalized spacial score (nSPS) is 18.5. The molecule has 0 bridgehead atoms. The van der Waals surface area contributed by atoms with E-state index < -0.39 is 0 Å². The van der Waals surface area contributed by atoms with Crippen molar-refractivity contribution in [3.05, 3.63) is 74.0 Å². The number of hydrogen-bond acceptors (Lipinski definition) is 2. The summed E-state index contributed by atoms with van der Waals surface area (Å²) in [6.45, 7) is 0. The van der Waals surface area contributed by atoms with Crippen molar-refractivity contribution in [3.63, 3.8) is 0 Å². The van der Waals surface area contributed by atoms with Gasteiger partial charge in [-0.15, -0.1) is 0 Å². The standard InChI is InChI=1S/C28H31ClN2OSe/c29-22-18-16-21(17-19-22)26(32)27-25(20-10-4-1-5-11-20)31(24-14-8-3-9-15-24)28(33-27)30-23-12-6-2-7-13-23/h1,4-5,10-11,16-19,23-24H,2-3,6-9,12-15H2. The average molecular weight is 526 g/mol. The molecule has 0 N–H and O–H groups in total. The summed E-state index contributed by atoms with van der Waals surface area (Å²) >= 11 is 6.01. The summed E-state index contributed by atoms with van der Waals surface area (Å²) in [4.78, 5) is 19.2. The third-order valence-electron chi connectivity index (χ3n) is 7.02. The van der Waals surface area contributed by atoms with Crippen LogP contribution in [-0.2, 0) is 0 Å². The number of rotatable bonds is 5. The molecule has 2 aliphatic carbocycles. The Labute approximate surface area is 207 Å². The van der Waals surface area contributed by atoms with Gasteiger partial charge in [-0.1, -0.05) is 0 Å². The Morgan fingerprint density at radius 2 is 1.48 bits per heavy atom. The number of ketones is 1. The monoisotopic (exact) mass is 526 g/mol. The Morgan fingerprint density at radius 1 is 0.848 bits per heavy atom. The summed E-state index contributed by atoms with van der Waals surface area (Å²) < 4.78 is 4.63. The van der Waals surface area contributed by atoms with Gasteiger partial charge in [-0.2, -0.15) is 0 Å². The van der Waals surface area contributed by atoms with Gasteiger partial charge >= 0.3 is 208 Å². The molecule has 1 aromatic heterocycles. The molecule has 5 heteroatoms. The topological polar surface area (TPSA) is 34.4 Å². The van der Waals surface area contributed by atoms with Crippen molar-refractivity contribution in [3.8, 4) is 11.3 Å². The van der Waals surface area contributed by atoms with Crippen molar-refractivity contribution in [1.29, 1.82) is 0 Å². The Bertz CT molecular complexity index is 1150. The van der Waals surface area contributed by atoms with E-state index >= 15 is 0 Å². The average Bonchev–Trinajstić information content (AvgIpc) is 3.24. The minimum atomic E-state index is -0.100. The number of halogens is 1. The Balaban J connectivity index is 1.71. The second-order valence-corrected chi connectivity index (χ2v) is 11.8. The van der Waals surface area contributed by atoms with Gasteiger partial charge in [-0.05, 0) is 0 Å². The molecular formula is C28H31ClN2OSe. The first-order valence-electron chi connectivity index (χ1n) is 12.4. The molecule has 33 heavy (non-hydrogen) atoms. The molecule has 1 heterocycles. The second-order valence-electron chi connectivity index (χ2n) is 9.35. The van der Waals surface area contributed by atoms with E-state index in [4.69, 9.17) is 16.6 Å². The Kier molecular flexibility index (Phi) is 7.35. The number of aromatic nitrogens is 1. The van der Waals surface area contributed by atoms with Crippen LogP contribution in [0.25, 0.3) is 11.3 Å². The maximum absolute atomic E-state index is 13.8. The Morgan fingerprint density at radius 3 is 2.15 bits per heavy atom. The summed E-state index contributed by atoms with van der Waals surface area (Å²) in [5, 5.41) is 0.657. The molecule has 3 aromatic rings. The molecule has 0 spiro atoms. The summed E-state index contributed by atoms with van der Waals surface area (Å²) in [5.41, 5.74) is 2.96. The van der Waals surface area contributed by atoms with E-state index in [0.29, 0.717) is 22.7 Å². The predicted molar refractivity (Wildman–Crippen MR) is 136 cm³/mol. The van der Waals surface area contributed by atoms with E-state index in [2.05, 4.69) is 28.8 Å². The van der Waals surface area contributed by atoms with Gasteiger partial charge in [0.25, 0.3) is 0 Å². The second kappa shape index (κ2) is 10.6. The van der Waals surface area contributed by atoms with Crippen molar-refractivity contribution in [2.45, 2.75) is 76.3 Å². The van der Waals surface area contributed by atoms with Crippen LogP contribution in [0.5, 0.6) is 0 Å². The molecule has 0 saturated heterocycles. The molecule has 172 valence electrons. The van der Waals surface area contributed by atoms with Crippen molar-refractivity contribution in [2.24, 2.45) is 4.99 Å². The van der Waals surface area contributed by atoms with E-state index in [1.165, 1.54) is 68.6 Å². The molecular weight excluding hydrogens is 495 g/mol. The van der Waals surface area contributed by atoms with Crippen LogP contribution in [0, 0.1) is 0 Å². The van der Waals surface area contributed by atoms with Gasteiger partial charge in [-0.3, -0.25) is 0 Å². The molecule has 5 rings (SSSR count). The number of carbonyl (C=O) groups is 1. The molecule has 0 radical (unpaired) electrons. The Hall–Kier alpha value is -1.87. The van der Waals surface area contributed by atoms with Gasteiger partial charge in [0.1, 0.15) is 0 Å². The number of carbonyl (C=O) groups excluding carboxylic acids is 1. The number of hydrogen-bond donors (Lipinski definition) is 0. The minimum absolute atomic E-state index is 0.100. The third-order valence-corrected chi connectivity index (χ3v) is 9.51. The molecule has 2 fully saturated rings. The summed E-state index contributed by atoms with van der Waals surface area (Å²) in [6, 6.07) is 18.7. The summed E-state index contributed by atoms with van der Waals surface area (Å²) in [7, 11) is 0. The fraction of sp³-hybridized carbons (Fsp3) is 0.429. The van der Waals surface area contributed by atoms with Gasteiger partial charge in [0.15, 0.2) is 0 Å². The molecule has 0 amide bonds. The first-order valence-corrected chi connectivity index (χ1v) is 14.4. The predicted octanol–water partition coefficient (Wildman–Crippen LogP) is 6.84. The fourth-order valence-corrected chi connectivity index (χ4v) is 8.02. The van der Waals surface area contributed by atoms with E-state index in [9.17, 15) is 4.79 Å². The number of benzene rings is 2. The molecule has 0 aliphatic heterocycles. The SMILES string of the molecule is O=C(c1ccc(Cl)cc1)c1[se]c(=NC2CCCCC2)n(C2CCCCC2)c1-c1ccccc1. The zero-order valence-electron chi connectivity index (χ0n) is 19.0. The van der Waals surface area contributed by atoms with Gasteiger partial charge in [0.2, 0.25) is 0 Å². The van der Waals surface area contributed by atoms with E-state index in [1.54, 1.807) is 0 Å². The number of nitrogens with zero attached hydrogens (tertiary/aromatic N) is 2.